The Balaban J connectivity index is 1.57. The van der Waals surface area contributed by atoms with Gasteiger partial charge in [0.25, 0.3) is 0 Å². The molecule has 18 heavy (non-hydrogen) atoms. The fraction of sp³-hybridized carbons (Fsp3) is 0.929. The van der Waals surface area contributed by atoms with Gasteiger partial charge in [0, 0.05) is 13.0 Å². The predicted molar refractivity (Wildman–Crippen MR) is 73.2 cm³/mol. The zero-order valence-electron chi connectivity index (χ0n) is 11.6. The molecule has 4 nitrogen and oxygen atoms in total. The van der Waals surface area contributed by atoms with Crippen LogP contribution in [-0.4, -0.2) is 44.0 Å². The van der Waals surface area contributed by atoms with E-state index in [0.717, 1.165) is 18.9 Å². The van der Waals surface area contributed by atoms with Crippen LogP contribution in [0, 0.1) is 11.3 Å². The van der Waals surface area contributed by atoms with E-state index in [9.17, 15) is 4.79 Å². The van der Waals surface area contributed by atoms with Crippen molar-refractivity contribution in [3.8, 4) is 0 Å². The minimum absolute atomic E-state index is 0.216. The number of hydrogen-bond donors (Lipinski definition) is 2. The van der Waals surface area contributed by atoms with E-state index in [-0.39, 0.29) is 11.3 Å². The van der Waals surface area contributed by atoms with E-state index in [1.807, 2.05) is 0 Å². The largest absolute Gasteiger partial charge is 0.355 e. The van der Waals surface area contributed by atoms with Crippen molar-refractivity contribution in [3.63, 3.8) is 0 Å². The fourth-order valence-electron chi connectivity index (χ4n) is 2.69. The van der Waals surface area contributed by atoms with E-state index < -0.39 is 0 Å². The fourth-order valence-corrected chi connectivity index (χ4v) is 2.69. The summed E-state index contributed by atoms with van der Waals surface area (Å²) >= 11 is 0. The lowest BCUT2D eigenvalue weighted by atomic mass is 9.92. The van der Waals surface area contributed by atoms with Crippen LogP contribution in [0.3, 0.4) is 0 Å². The molecule has 0 radical (unpaired) electrons. The highest BCUT2D eigenvalue weighted by Gasteiger charge is 2.41. The van der Waals surface area contributed by atoms with Crippen molar-refractivity contribution in [1.29, 1.82) is 0 Å². The molecule has 2 aliphatic rings. The number of hydrogen-bond acceptors (Lipinski definition) is 3. The van der Waals surface area contributed by atoms with Crippen molar-refractivity contribution in [2.75, 3.05) is 33.2 Å². The maximum atomic E-state index is 11.8. The number of carbonyl (C=O) groups excluding carboxylic acids is 1. The van der Waals surface area contributed by atoms with E-state index >= 15 is 0 Å². The van der Waals surface area contributed by atoms with Crippen LogP contribution in [0.25, 0.3) is 0 Å². The lowest BCUT2D eigenvalue weighted by Gasteiger charge is -2.28. The molecule has 1 aliphatic heterocycles. The second-order valence-corrected chi connectivity index (χ2v) is 6.27. The Labute approximate surface area is 110 Å². The highest BCUT2D eigenvalue weighted by molar-refractivity contribution is 5.75. The zero-order chi connectivity index (χ0) is 13.0. The third kappa shape index (κ3) is 3.95. The lowest BCUT2D eigenvalue weighted by molar-refractivity contribution is -0.121. The summed E-state index contributed by atoms with van der Waals surface area (Å²) in [4.78, 5) is 14.1. The summed E-state index contributed by atoms with van der Waals surface area (Å²) in [5.74, 6) is 0.963. The van der Waals surface area contributed by atoms with Crippen molar-refractivity contribution in [2.24, 2.45) is 17.1 Å². The highest BCUT2D eigenvalue weighted by Crippen LogP contribution is 2.43. The van der Waals surface area contributed by atoms with E-state index in [0.29, 0.717) is 13.0 Å². The summed E-state index contributed by atoms with van der Waals surface area (Å²) in [5.41, 5.74) is 5.96. The maximum Gasteiger partial charge on any atom is 0.220 e. The number of rotatable bonds is 6. The number of nitrogens with zero attached hydrogens (tertiary/aromatic N) is 1. The van der Waals surface area contributed by atoms with Gasteiger partial charge >= 0.3 is 0 Å². The van der Waals surface area contributed by atoms with Crippen LogP contribution in [0.1, 0.15) is 38.5 Å². The number of nitrogens with two attached hydrogens (primary N) is 1. The standard InChI is InChI=1S/C14H27N3O/c1-17-8-4-12(5-9-17)2-3-13(18)16-11-14(10-15)6-7-14/h12H,2-11,15H2,1H3,(H,16,18). The van der Waals surface area contributed by atoms with Gasteiger partial charge in [-0.1, -0.05) is 0 Å². The Hall–Kier alpha value is -0.610. The molecule has 3 N–H and O–H groups in total. The average Bonchev–Trinajstić information content (AvgIpc) is 3.16. The van der Waals surface area contributed by atoms with Crippen molar-refractivity contribution in [3.05, 3.63) is 0 Å². The molecule has 4 heteroatoms. The summed E-state index contributed by atoms with van der Waals surface area (Å²) in [7, 11) is 2.17. The van der Waals surface area contributed by atoms with Gasteiger partial charge in [0.05, 0.1) is 0 Å². The number of nitrogens with one attached hydrogen (secondary N) is 1. The van der Waals surface area contributed by atoms with Gasteiger partial charge in [-0.05, 0) is 70.1 Å². The number of amides is 1. The monoisotopic (exact) mass is 253 g/mol. The second kappa shape index (κ2) is 6.02. The molecule has 1 amide bonds. The molecule has 0 spiro atoms. The summed E-state index contributed by atoms with van der Waals surface area (Å²) in [6, 6.07) is 0. The van der Waals surface area contributed by atoms with Crippen LogP contribution in [0.2, 0.25) is 0 Å². The molecule has 1 aliphatic carbocycles. The van der Waals surface area contributed by atoms with Crippen LogP contribution >= 0.6 is 0 Å². The van der Waals surface area contributed by atoms with Gasteiger partial charge in [-0.2, -0.15) is 0 Å². The van der Waals surface area contributed by atoms with Crippen molar-refractivity contribution >= 4 is 5.91 Å². The average molecular weight is 253 g/mol. The third-order valence-corrected chi connectivity index (χ3v) is 4.67. The van der Waals surface area contributed by atoms with Gasteiger partial charge in [-0.25, -0.2) is 0 Å². The lowest BCUT2D eigenvalue weighted by Crippen LogP contribution is -2.34. The SMILES string of the molecule is CN1CCC(CCC(=O)NCC2(CN)CC2)CC1. The molecule has 0 aromatic heterocycles. The van der Waals surface area contributed by atoms with Crippen molar-refractivity contribution in [1.82, 2.24) is 10.2 Å². The van der Waals surface area contributed by atoms with Crippen LogP contribution < -0.4 is 11.1 Å². The third-order valence-electron chi connectivity index (χ3n) is 4.67. The van der Waals surface area contributed by atoms with Crippen LogP contribution in [0.5, 0.6) is 0 Å². The maximum absolute atomic E-state index is 11.8. The van der Waals surface area contributed by atoms with Crippen LogP contribution in [0.15, 0.2) is 0 Å². The molecule has 0 atom stereocenters. The molecule has 0 bridgehead atoms. The molecule has 1 heterocycles. The molecule has 0 aromatic rings. The van der Waals surface area contributed by atoms with Crippen molar-refractivity contribution in [2.45, 2.75) is 38.5 Å². The Morgan fingerprint density at radius 3 is 2.61 bits per heavy atom. The second-order valence-electron chi connectivity index (χ2n) is 6.27. The molecular weight excluding hydrogens is 226 g/mol. The number of likely N-dealkylation sites (tertiary alicyclic amines) is 1. The Morgan fingerprint density at radius 1 is 1.39 bits per heavy atom. The summed E-state index contributed by atoms with van der Waals surface area (Å²) in [6.07, 6.45) is 6.59. The topological polar surface area (TPSA) is 58.4 Å². The van der Waals surface area contributed by atoms with Crippen molar-refractivity contribution < 1.29 is 4.79 Å². The first-order valence-electron chi connectivity index (χ1n) is 7.29. The van der Waals surface area contributed by atoms with E-state index in [2.05, 4.69) is 17.3 Å². The molecule has 2 rings (SSSR count). The summed E-state index contributed by atoms with van der Waals surface area (Å²) in [5, 5.41) is 3.06. The Bertz CT molecular complexity index is 281. The highest BCUT2D eigenvalue weighted by atomic mass is 16.1. The molecule has 1 saturated carbocycles. The van der Waals surface area contributed by atoms with Gasteiger partial charge in [0.1, 0.15) is 0 Å². The predicted octanol–water partition coefficient (Wildman–Crippen LogP) is 0.964. The Morgan fingerprint density at radius 2 is 2.06 bits per heavy atom. The van der Waals surface area contributed by atoms with Gasteiger partial charge in [-0.3, -0.25) is 4.79 Å². The van der Waals surface area contributed by atoms with E-state index in [4.69, 9.17) is 5.73 Å². The number of piperidine rings is 1. The molecule has 104 valence electrons. The minimum Gasteiger partial charge on any atom is -0.355 e. The molecule has 0 unspecified atom stereocenters. The number of carbonyl (C=O) groups is 1. The quantitative estimate of drug-likeness (QED) is 0.741. The van der Waals surface area contributed by atoms with Gasteiger partial charge in [-0.15, -0.1) is 0 Å². The smallest absolute Gasteiger partial charge is 0.220 e. The van der Waals surface area contributed by atoms with Crippen LogP contribution in [-0.2, 0) is 4.79 Å². The van der Waals surface area contributed by atoms with Gasteiger partial charge in [0.2, 0.25) is 5.91 Å². The van der Waals surface area contributed by atoms with Crippen LogP contribution in [0.4, 0.5) is 0 Å². The van der Waals surface area contributed by atoms with Gasteiger partial charge < -0.3 is 16.0 Å². The molecule has 1 saturated heterocycles. The first-order chi connectivity index (χ1) is 8.63. The van der Waals surface area contributed by atoms with E-state index in [1.54, 1.807) is 0 Å². The first kappa shape index (κ1) is 13.8. The zero-order valence-corrected chi connectivity index (χ0v) is 11.6. The van der Waals surface area contributed by atoms with E-state index in [1.165, 1.54) is 38.8 Å². The minimum atomic E-state index is 0.216. The normalized spacial score (nSPS) is 23.9. The summed E-state index contributed by atoms with van der Waals surface area (Å²) in [6.45, 7) is 3.86. The van der Waals surface area contributed by atoms with Gasteiger partial charge in [0.15, 0.2) is 0 Å². The summed E-state index contributed by atoms with van der Waals surface area (Å²) < 4.78 is 0. The molecule has 0 aromatic carbocycles. The molecular formula is C14H27N3O. The Kier molecular flexibility index (Phi) is 4.62. The molecule has 2 fully saturated rings. The first-order valence-corrected chi connectivity index (χ1v) is 7.29.